The molecule has 66 valence electrons. The van der Waals surface area contributed by atoms with Crippen LogP contribution in [0.4, 0.5) is 4.39 Å². The fourth-order valence-electron chi connectivity index (χ4n) is 1.08. The van der Waals surface area contributed by atoms with Crippen molar-refractivity contribution < 1.29 is 4.39 Å². The summed E-state index contributed by atoms with van der Waals surface area (Å²) < 4.78 is 12.5. The van der Waals surface area contributed by atoms with E-state index in [2.05, 4.69) is 15.0 Å². The Morgan fingerprint density at radius 3 is 2.85 bits per heavy atom. The lowest BCUT2D eigenvalue weighted by Gasteiger charge is -2.03. The first-order valence-corrected chi connectivity index (χ1v) is 4.05. The number of amidine groups is 1. The molecule has 0 aromatic carbocycles. The van der Waals surface area contributed by atoms with Crippen LogP contribution in [0, 0.1) is 5.82 Å². The molecular formula is C9H8FN3. The molecule has 3 nitrogen and oxygen atoms in total. The predicted octanol–water partition coefficient (Wildman–Crippen LogP) is 1.44. The van der Waals surface area contributed by atoms with E-state index in [1.54, 1.807) is 12.3 Å². The Morgan fingerprint density at radius 1 is 1.31 bits per heavy atom. The Labute approximate surface area is 75.1 Å². The predicted molar refractivity (Wildman–Crippen MR) is 48.7 cm³/mol. The lowest BCUT2D eigenvalue weighted by Crippen LogP contribution is -2.06. The van der Waals surface area contributed by atoms with Crippen LogP contribution in [-0.4, -0.2) is 23.6 Å². The van der Waals surface area contributed by atoms with Gasteiger partial charge in [-0.25, -0.2) is 14.4 Å². The van der Waals surface area contributed by atoms with Crippen LogP contribution >= 0.6 is 0 Å². The minimum atomic E-state index is -0.343. The Bertz CT molecular complexity index is 354. The number of nitrogens with zero attached hydrogens (tertiary/aromatic N) is 3. The second-order valence-electron chi connectivity index (χ2n) is 2.67. The Balaban J connectivity index is 2.30. The van der Waals surface area contributed by atoms with Gasteiger partial charge in [0.25, 0.3) is 0 Å². The van der Waals surface area contributed by atoms with Crippen molar-refractivity contribution in [2.75, 3.05) is 6.54 Å². The number of pyridine rings is 1. The summed E-state index contributed by atoms with van der Waals surface area (Å²) >= 11 is 0. The van der Waals surface area contributed by atoms with Gasteiger partial charge in [0.2, 0.25) is 0 Å². The molecule has 1 aromatic rings. The summed E-state index contributed by atoms with van der Waals surface area (Å²) in [7, 11) is 0. The summed E-state index contributed by atoms with van der Waals surface area (Å²) in [6.07, 6.45) is 3.83. The first-order valence-electron chi connectivity index (χ1n) is 4.05. The number of rotatable bonds is 1. The van der Waals surface area contributed by atoms with Crippen LogP contribution in [0.5, 0.6) is 0 Å². The van der Waals surface area contributed by atoms with Crippen LogP contribution in [0.25, 0.3) is 0 Å². The molecule has 1 aliphatic rings. The molecule has 0 fully saturated rings. The monoisotopic (exact) mass is 177 g/mol. The first-order chi connectivity index (χ1) is 6.36. The molecule has 1 aliphatic heterocycles. The largest absolute Gasteiger partial charge is 0.265 e. The minimum Gasteiger partial charge on any atom is -0.265 e. The van der Waals surface area contributed by atoms with E-state index in [0.717, 1.165) is 13.0 Å². The second kappa shape index (κ2) is 3.43. The zero-order valence-electron chi connectivity index (χ0n) is 6.94. The van der Waals surface area contributed by atoms with Crippen LogP contribution in [0.2, 0.25) is 0 Å². The van der Waals surface area contributed by atoms with Crippen molar-refractivity contribution in [3.63, 3.8) is 0 Å². The third kappa shape index (κ3) is 1.77. The summed E-state index contributed by atoms with van der Waals surface area (Å²) in [6, 6.07) is 2.94. The summed E-state index contributed by atoms with van der Waals surface area (Å²) in [5.41, 5.74) is 0.623. The van der Waals surface area contributed by atoms with Crippen molar-refractivity contribution >= 4 is 12.1 Å². The molecule has 4 heteroatoms. The Morgan fingerprint density at radius 2 is 2.23 bits per heavy atom. The van der Waals surface area contributed by atoms with Crippen molar-refractivity contribution in [1.82, 2.24) is 4.98 Å². The summed E-state index contributed by atoms with van der Waals surface area (Å²) in [5.74, 6) is 0.246. The molecule has 0 atom stereocenters. The van der Waals surface area contributed by atoms with E-state index in [0.29, 0.717) is 11.5 Å². The van der Waals surface area contributed by atoms with E-state index in [-0.39, 0.29) is 5.82 Å². The fourth-order valence-corrected chi connectivity index (χ4v) is 1.08. The fraction of sp³-hybridized carbons (Fsp3) is 0.222. The zero-order chi connectivity index (χ0) is 9.10. The molecule has 0 unspecified atom stereocenters. The molecule has 0 saturated carbocycles. The van der Waals surface area contributed by atoms with Gasteiger partial charge in [-0.1, -0.05) is 0 Å². The van der Waals surface area contributed by atoms with Crippen LogP contribution < -0.4 is 0 Å². The number of aromatic nitrogens is 1. The average molecular weight is 177 g/mol. The smallest absolute Gasteiger partial charge is 0.173 e. The van der Waals surface area contributed by atoms with E-state index in [1.807, 2.05) is 0 Å². The molecule has 0 N–H and O–H groups in total. The van der Waals surface area contributed by atoms with Gasteiger partial charge < -0.3 is 0 Å². The summed E-state index contributed by atoms with van der Waals surface area (Å²) in [6.45, 7) is 0.734. The molecule has 0 amide bonds. The van der Waals surface area contributed by atoms with E-state index >= 15 is 0 Å². The third-order valence-corrected chi connectivity index (χ3v) is 1.69. The molecule has 0 bridgehead atoms. The Kier molecular flexibility index (Phi) is 2.12. The van der Waals surface area contributed by atoms with Crippen LogP contribution in [0.15, 0.2) is 28.3 Å². The van der Waals surface area contributed by atoms with Crippen LogP contribution in [-0.2, 0) is 0 Å². The highest BCUT2D eigenvalue weighted by Gasteiger charge is 2.04. The maximum atomic E-state index is 12.5. The SMILES string of the molecule is Fc1ccc(C2=NCCC=N2)nc1. The maximum absolute atomic E-state index is 12.5. The minimum absolute atomic E-state index is 0.343. The van der Waals surface area contributed by atoms with E-state index < -0.39 is 0 Å². The molecule has 13 heavy (non-hydrogen) atoms. The van der Waals surface area contributed by atoms with Crippen LogP contribution in [0.3, 0.4) is 0 Å². The maximum Gasteiger partial charge on any atom is 0.173 e. The number of halogens is 1. The molecular weight excluding hydrogens is 169 g/mol. The second-order valence-corrected chi connectivity index (χ2v) is 2.67. The van der Waals surface area contributed by atoms with Crippen molar-refractivity contribution in [2.24, 2.45) is 9.98 Å². The molecule has 0 radical (unpaired) electrons. The molecule has 0 spiro atoms. The van der Waals surface area contributed by atoms with E-state index in [1.165, 1.54) is 12.3 Å². The van der Waals surface area contributed by atoms with Gasteiger partial charge in [0.05, 0.1) is 6.20 Å². The van der Waals surface area contributed by atoms with E-state index in [4.69, 9.17) is 0 Å². The van der Waals surface area contributed by atoms with Gasteiger partial charge in [-0.3, -0.25) is 4.99 Å². The van der Waals surface area contributed by atoms with Gasteiger partial charge in [-0.2, -0.15) is 0 Å². The van der Waals surface area contributed by atoms with Crippen molar-refractivity contribution in [2.45, 2.75) is 6.42 Å². The summed E-state index contributed by atoms with van der Waals surface area (Å²) in [4.78, 5) is 12.1. The van der Waals surface area contributed by atoms with Crippen molar-refractivity contribution in [3.8, 4) is 0 Å². The first kappa shape index (κ1) is 8.04. The van der Waals surface area contributed by atoms with Gasteiger partial charge in [0, 0.05) is 19.2 Å². The van der Waals surface area contributed by atoms with Crippen molar-refractivity contribution in [3.05, 3.63) is 29.8 Å². The highest BCUT2D eigenvalue weighted by Crippen LogP contribution is 2.03. The van der Waals surface area contributed by atoms with Gasteiger partial charge in [-0.05, 0) is 12.1 Å². The van der Waals surface area contributed by atoms with E-state index in [9.17, 15) is 4.39 Å². The Hall–Kier alpha value is -1.58. The van der Waals surface area contributed by atoms with Gasteiger partial charge in [0.1, 0.15) is 11.5 Å². The lowest BCUT2D eigenvalue weighted by atomic mass is 10.3. The van der Waals surface area contributed by atoms with Gasteiger partial charge in [0.15, 0.2) is 5.84 Å². The quantitative estimate of drug-likeness (QED) is 0.639. The zero-order valence-corrected chi connectivity index (χ0v) is 6.94. The number of aliphatic imine (C=N–C) groups is 2. The molecule has 2 heterocycles. The van der Waals surface area contributed by atoms with Crippen LogP contribution in [0.1, 0.15) is 12.1 Å². The third-order valence-electron chi connectivity index (χ3n) is 1.69. The van der Waals surface area contributed by atoms with Gasteiger partial charge >= 0.3 is 0 Å². The highest BCUT2D eigenvalue weighted by atomic mass is 19.1. The number of hydrogen-bond acceptors (Lipinski definition) is 3. The van der Waals surface area contributed by atoms with Crippen molar-refractivity contribution in [1.29, 1.82) is 0 Å². The normalized spacial score (nSPS) is 15.6. The highest BCUT2D eigenvalue weighted by molar-refractivity contribution is 6.02. The average Bonchev–Trinajstić information content (AvgIpc) is 2.20. The lowest BCUT2D eigenvalue weighted by molar-refractivity contribution is 0.621. The molecule has 0 saturated heterocycles. The molecule has 1 aromatic heterocycles. The van der Waals surface area contributed by atoms with Gasteiger partial charge in [-0.15, -0.1) is 0 Å². The topological polar surface area (TPSA) is 37.6 Å². The summed E-state index contributed by atoms with van der Waals surface area (Å²) in [5, 5.41) is 0. The standard InChI is InChI=1S/C9H8FN3/c10-7-2-3-8(13-6-7)9-11-4-1-5-12-9/h2-4,6H,1,5H2. The molecule has 0 aliphatic carbocycles. The number of hydrogen-bond donors (Lipinski definition) is 0. The molecule has 2 rings (SSSR count).